The van der Waals surface area contributed by atoms with Crippen molar-refractivity contribution >= 4 is 19.7 Å². The van der Waals surface area contributed by atoms with Gasteiger partial charge in [-0.1, -0.05) is 41.0 Å². The van der Waals surface area contributed by atoms with Crippen LogP contribution in [0.3, 0.4) is 0 Å². The van der Waals surface area contributed by atoms with E-state index in [2.05, 4.69) is 33.8 Å². The summed E-state index contributed by atoms with van der Waals surface area (Å²) in [6.45, 7) is 10.5. The van der Waals surface area contributed by atoms with Gasteiger partial charge < -0.3 is 4.74 Å². The SMILES string of the molecule is C/C(=C\CSS(=O)(=O)c1ccc(C)cc1)CC/C=C(\C)CCC1OC1(C)C. The first-order chi connectivity index (χ1) is 12.6. The smallest absolute Gasteiger partial charge is 0.230 e. The molecule has 1 aliphatic rings. The molecule has 27 heavy (non-hydrogen) atoms. The fourth-order valence-corrected chi connectivity index (χ4v) is 5.51. The van der Waals surface area contributed by atoms with Crippen molar-refractivity contribution in [3.8, 4) is 0 Å². The zero-order valence-electron chi connectivity index (χ0n) is 17.1. The summed E-state index contributed by atoms with van der Waals surface area (Å²) in [5.74, 6) is 0.485. The van der Waals surface area contributed by atoms with Crippen LogP contribution in [-0.4, -0.2) is 25.9 Å². The third-order valence-electron chi connectivity index (χ3n) is 4.96. The summed E-state index contributed by atoms with van der Waals surface area (Å²) >= 11 is 0. The Kier molecular flexibility index (Phi) is 7.78. The van der Waals surface area contributed by atoms with E-state index in [0.29, 0.717) is 16.8 Å². The average Bonchev–Trinajstić information content (AvgIpc) is 3.20. The number of allylic oxidation sites excluding steroid dienone is 3. The first kappa shape index (κ1) is 22.3. The number of benzene rings is 1. The van der Waals surface area contributed by atoms with Crippen LogP contribution in [0.1, 0.15) is 58.9 Å². The summed E-state index contributed by atoms with van der Waals surface area (Å²) in [4.78, 5) is 0.380. The molecule has 0 radical (unpaired) electrons. The van der Waals surface area contributed by atoms with Crippen molar-refractivity contribution in [2.24, 2.45) is 0 Å². The maximum atomic E-state index is 12.3. The Balaban J connectivity index is 1.70. The van der Waals surface area contributed by atoms with Gasteiger partial charge in [0, 0.05) is 5.75 Å². The van der Waals surface area contributed by atoms with Crippen molar-refractivity contribution in [1.82, 2.24) is 0 Å². The highest BCUT2D eigenvalue weighted by atomic mass is 33.1. The third-order valence-corrected chi connectivity index (χ3v) is 8.34. The minimum absolute atomic E-state index is 0.0796. The van der Waals surface area contributed by atoms with Gasteiger partial charge in [0.1, 0.15) is 0 Å². The van der Waals surface area contributed by atoms with E-state index in [-0.39, 0.29) is 5.60 Å². The second kappa shape index (κ2) is 9.44. The van der Waals surface area contributed by atoms with Gasteiger partial charge in [0.15, 0.2) is 0 Å². The summed E-state index contributed by atoms with van der Waals surface area (Å²) in [6, 6.07) is 7.02. The Morgan fingerprint density at radius 2 is 1.70 bits per heavy atom. The van der Waals surface area contributed by atoms with E-state index in [9.17, 15) is 8.42 Å². The summed E-state index contributed by atoms with van der Waals surface area (Å²) < 4.78 is 30.3. The molecule has 3 nitrogen and oxygen atoms in total. The number of ether oxygens (including phenoxy) is 1. The Labute approximate surface area is 168 Å². The first-order valence-corrected chi connectivity index (χ1v) is 12.5. The summed E-state index contributed by atoms with van der Waals surface area (Å²) in [5, 5.41) is 0. The summed E-state index contributed by atoms with van der Waals surface area (Å²) in [6.07, 6.45) is 8.88. The number of hydrogen-bond donors (Lipinski definition) is 0. The van der Waals surface area contributed by atoms with Crippen molar-refractivity contribution in [3.05, 3.63) is 53.1 Å². The lowest BCUT2D eigenvalue weighted by Crippen LogP contribution is -2.02. The molecule has 0 N–H and O–H groups in total. The van der Waals surface area contributed by atoms with Crippen LogP contribution in [-0.2, 0) is 13.6 Å². The number of epoxide rings is 1. The molecule has 1 saturated heterocycles. The molecule has 0 spiro atoms. The molecular formula is C22H32O3S2. The predicted molar refractivity (Wildman–Crippen MR) is 116 cm³/mol. The Bertz CT molecular complexity index is 787. The van der Waals surface area contributed by atoms with Crippen LogP contribution in [0, 0.1) is 6.92 Å². The molecule has 1 heterocycles. The average molecular weight is 409 g/mol. The molecule has 0 amide bonds. The van der Waals surface area contributed by atoms with Gasteiger partial charge in [-0.3, -0.25) is 0 Å². The summed E-state index contributed by atoms with van der Waals surface area (Å²) in [7, 11) is -2.29. The second-order valence-electron chi connectivity index (χ2n) is 7.94. The quantitative estimate of drug-likeness (QED) is 0.269. The molecule has 0 bridgehead atoms. The lowest BCUT2D eigenvalue weighted by molar-refractivity contribution is 0.320. The lowest BCUT2D eigenvalue weighted by atomic mass is 10.0. The Morgan fingerprint density at radius 3 is 2.30 bits per heavy atom. The van der Waals surface area contributed by atoms with Crippen LogP contribution < -0.4 is 0 Å². The monoisotopic (exact) mass is 408 g/mol. The molecule has 1 aromatic rings. The largest absolute Gasteiger partial charge is 0.367 e. The fraction of sp³-hybridized carbons (Fsp3) is 0.545. The van der Waals surface area contributed by atoms with Gasteiger partial charge >= 0.3 is 0 Å². The van der Waals surface area contributed by atoms with Gasteiger partial charge in [0.2, 0.25) is 8.87 Å². The van der Waals surface area contributed by atoms with Crippen molar-refractivity contribution in [2.45, 2.75) is 76.9 Å². The van der Waals surface area contributed by atoms with Gasteiger partial charge in [-0.25, -0.2) is 8.42 Å². The van der Waals surface area contributed by atoms with E-state index in [0.717, 1.165) is 42.0 Å². The number of aryl methyl sites for hydroxylation is 1. The van der Waals surface area contributed by atoms with E-state index in [4.69, 9.17) is 4.74 Å². The van der Waals surface area contributed by atoms with Gasteiger partial charge in [0.05, 0.1) is 16.6 Å². The standard InChI is InChI=1S/C22H32O3S2/c1-17(11-14-21-22(4,5)25-21)7-6-8-18(2)15-16-26-27(23,24)20-12-9-19(3)10-13-20/h7,9-10,12-13,15,21H,6,8,11,14,16H2,1-5H3/b17-7+,18-15+. The molecule has 1 unspecified atom stereocenters. The van der Waals surface area contributed by atoms with Crippen molar-refractivity contribution in [1.29, 1.82) is 0 Å². The first-order valence-electron chi connectivity index (χ1n) is 9.55. The normalized spacial score (nSPS) is 20.0. The van der Waals surface area contributed by atoms with Crippen LogP contribution in [0.25, 0.3) is 0 Å². The lowest BCUT2D eigenvalue weighted by Gasteiger charge is -2.04. The highest BCUT2D eigenvalue weighted by molar-refractivity contribution is 8.72. The van der Waals surface area contributed by atoms with E-state index < -0.39 is 8.87 Å². The zero-order valence-corrected chi connectivity index (χ0v) is 18.8. The molecule has 0 saturated carbocycles. The summed E-state index contributed by atoms with van der Waals surface area (Å²) in [5.41, 5.74) is 3.78. The highest BCUT2D eigenvalue weighted by Crippen LogP contribution is 2.38. The molecule has 0 aromatic heterocycles. The van der Waals surface area contributed by atoms with E-state index in [1.165, 1.54) is 11.1 Å². The molecule has 5 heteroatoms. The second-order valence-corrected chi connectivity index (χ2v) is 11.9. The van der Waals surface area contributed by atoms with Crippen molar-refractivity contribution in [2.75, 3.05) is 5.75 Å². The molecule has 1 atom stereocenters. The van der Waals surface area contributed by atoms with Gasteiger partial charge in [0.25, 0.3) is 0 Å². The number of rotatable bonds is 10. The molecule has 2 rings (SSSR count). The maximum Gasteiger partial charge on any atom is 0.230 e. The van der Waals surface area contributed by atoms with Crippen LogP contribution in [0.5, 0.6) is 0 Å². The zero-order chi connectivity index (χ0) is 20.1. The topological polar surface area (TPSA) is 46.7 Å². The van der Waals surface area contributed by atoms with E-state index in [1.807, 2.05) is 25.1 Å². The third kappa shape index (κ3) is 7.47. The Morgan fingerprint density at radius 1 is 1.11 bits per heavy atom. The molecule has 1 fully saturated rings. The van der Waals surface area contributed by atoms with Gasteiger partial charge in [-0.05, 0) is 83.2 Å². The van der Waals surface area contributed by atoms with Crippen LogP contribution >= 0.6 is 10.8 Å². The van der Waals surface area contributed by atoms with Gasteiger partial charge in [-0.2, -0.15) is 0 Å². The molecule has 1 aliphatic heterocycles. The molecule has 0 aliphatic carbocycles. The highest BCUT2D eigenvalue weighted by Gasteiger charge is 2.46. The molecule has 1 aromatic carbocycles. The van der Waals surface area contributed by atoms with Gasteiger partial charge in [-0.15, -0.1) is 0 Å². The van der Waals surface area contributed by atoms with Crippen LogP contribution in [0.2, 0.25) is 0 Å². The van der Waals surface area contributed by atoms with Crippen molar-refractivity contribution < 1.29 is 13.2 Å². The maximum absolute atomic E-state index is 12.3. The van der Waals surface area contributed by atoms with E-state index in [1.54, 1.807) is 12.1 Å². The molecule has 150 valence electrons. The van der Waals surface area contributed by atoms with Crippen molar-refractivity contribution in [3.63, 3.8) is 0 Å². The fourth-order valence-electron chi connectivity index (χ4n) is 2.89. The van der Waals surface area contributed by atoms with E-state index >= 15 is 0 Å². The van der Waals surface area contributed by atoms with Crippen LogP contribution in [0.4, 0.5) is 0 Å². The molecular weight excluding hydrogens is 376 g/mol. The Hall–Kier alpha value is -1.04. The minimum Gasteiger partial charge on any atom is -0.367 e. The predicted octanol–water partition coefficient (Wildman–Crippen LogP) is 6.05. The van der Waals surface area contributed by atoms with Crippen LogP contribution in [0.15, 0.2) is 52.5 Å². The number of hydrogen-bond acceptors (Lipinski definition) is 4. The minimum atomic E-state index is -3.28.